The van der Waals surface area contributed by atoms with E-state index >= 15 is 0 Å². The number of carbonyl (C=O) groups excluding carboxylic acids is 2. The van der Waals surface area contributed by atoms with E-state index in [2.05, 4.69) is 15.7 Å². The zero-order valence-electron chi connectivity index (χ0n) is 17.9. The lowest BCUT2D eigenvalue weighted by molar-refractivity contribution is -0.120. The molecule has 1 heterocycles. The van der Waals surface area contributed by atoms with Gasteiger partial charge in [0.15, 0.2) is 0 Å². The molecule has 1 aromatic heterocycles. The van der Waals surface area contributed by atoms with E-state index in [4.69, 9.17) is 27.9 Å². The lowest BCUT2D eigenvalue weighted by atomic mass is 10.1. The van der Waals surface area contributed by atoms with E-state index in [-0.39, 0.29) is 12.3 Å². The number of nitrogens with one attached hydrogen (secondary N) is 2. The molecule has 0 saturated carbocycles. The molecular formula is C21H28Cl2N4O3. The first-order valence-electron chi connectivity index (χ1n) is 9.72. The quantitative estimate of drug-likeness (QED) is 0.608. The third kappa shape index (κ3) is 6.92. The number of halogens is 2. The molecule has 9 heteroatoms. The normalized spacial score (nSPS) is 11.3. The van der Waals surface area contributed by atoms with Crippen LogP contribution in [0.1, 0.15) is 44.1 Å². The number of carbonyl (C=O) groups is 2. The summed E-state index contributed by atoms with van der Waals surface area (Å²) in [6, 6.07) is 5.20. The van der Waals surface area contributed by atoms with Crippen molar-refractivity contribution in [3.63, 3.8) is 0 Å². The number of hydrogen-bond donors (Lipinski definition) is 2. The maximum Gasteiger partial charge on any atom is 0.407 e. The van der Waals surface area contributed by atoms with Gasteiger partial charge < -0.3 is 15.4 Å². The van der Waals surface area contributed by atoms with Crippen LogP contribution < -0.4 is 10.6 Å². The minimum absolute atomic E-state index is 0.111. The number of amides is 2. The van der Waals surface area contributed by atoms with Gasteiger partial charge in [-0.3, -0.25) is 4.79 Å². The van der Waals surface area contributed by atoms with Crippen LogP contribution in [0.25, 0.3) is 5.69 Å². The van der Waals surface area contributed by atoms with Crippen LogP contribution in [0, 0.1) is 13.8 Å². The Balaban J connectivity index is 1.87. The van der Waals surface area contributed by atoms with Gasteiger partial charge >= 0.3 is 6.09 Å². The van der Waals surface area contributed by atoms with E-state index in [0.29, 0.717) is 35.2 Å². The van der Waals surface area contributed by atoms with Crippen molar-refractivity contribution in [2.24, 2.45) is 0 Å². The van der Waals surface area contributed by atoms with Crippen LogP contribution >= 0.6 is 23.2 Å². The lowest BCUT2D eigenvalue weighted by Gasteiger charge is -2.19. The monoisotopic (exact) mass is 454 g/mol. The molecule has 2 amide bonds. The summed E-state index contributed by atoms with van der Waals surface area (Å²) in [4.78, 5) is 23.9. The van der Waals surface area contributed by atoms with Crippen LogP contribution in [0.4, 0.5) is 4.79 Å². The molecule has 0 saturated heterocycles. The van der Waals surface area contributed by atoms with E-state index < -0.39 is 11.7 Å². The fourth-order valence-electron chi connectivity index (χ4n) is 2.86. The first-order chi connectivity index (χ1) is 14.0. The number of rotatable bonds is 7. The fraction of sp³-hybridized carbons (Fsp3) is 0.476. The minimum atomic E-state index is -0.533. The molecule has 1 aromatic carbocycles. The average molecular weight is 455 g/mol. The second-order valence-electron chi connectivity index (χ2n) is 7.97. The van der Waals surface area contributed by atoms with Crippen molar-refractivity contribution in [1.29, 1.82) is 0 Å². The Morgan fingerprint density at radius 1 is 1.13 bits per heavy atom. The van der Waals surface area contributed by atoms with Crippen molar-refractivity contribution >= 4 is 35.2 Å². The Labute approximate surface area is 187 Å². The first kappa shape index (κ1) is 24.0. The third-order valence-corrected chi connectivity index (χ3v) is 4.80. The molecule has 2 rings (SSSR count). The Kier molecular flexibility index (Phi) is 8.15. The zero-order valence-corrected chi connectivity index (χ0v) is 19.4. The predicted molar refractivity (Wildman–Crippen MR) is 119 cm³/mol. The second-order valence-corrected chi connectivity index (χ2v) is 8.81. The van der Waals surface area contributed by atoms with Crippen LogP contribution in [0.3, 0.4) is 0 Å². The molecule has 2 aromatic rings. The summed E-state index contributed by atoms with van der Waals surface area (Å²) in [6.45, 7) is 10.0. The van der Waals surface area contributed by atoms with Gasteiger partial charge in [0.25, 0.3) is 0 Å². The standard InChI is InChI=1S/C21H28Cl2N4O3/c1-13-16(14(2)27(26-13)18-8-7-15(22)11-17(18)23)12-19(28)24-9-6-10-25-20(29)30-21(3,4)5/h7-8,11H,6,9-10,12H2,1-5H3,(H,24,28)(H,25,29). The Morgan fingerprint density at radius 3 is 2.43 bits per heavy atom. The molecule has 0 aliphatic heterocycles. The highest BCUT2D eigenvalue weighted by Crippen LogP contribution is 2.27. The summed E-state index contributed by atoms with van der Waals surface area (Å²) in [6.07, 6.45) is 0.346. The minimum Gasteiger partial charge on any atom is -0.444 e. The molecule has 0 unspecified atom stereocenters. The summed E-state index contributed by atoms with van der Waals surface area (Å²) in [5.74, 6) is -0.111. The molecule has 0 atom stereocenters. The summed E-state index contributed by atoms with van der Waals surface area (Å²) >= 11 is 12.3. The maximum absolute atomic E-state index is 12.4. The largest absolute Gasteiger partial charge is 0.444 e. The zero-order chi connectivity index (χ0) is 22.5. The van der Waals surface area contributed by atoms with Crippen LogP contribution in [0.2, 0.25) is 10.0 Å². The van der Waals surface area contributed by atoms with Crippen LogP contribution in [-0.2, 0) is 16.0 Å². The van der Waals surface area contributed by atoms with Crippen molar-refractivity contribution < 1.29 is 14.3 Å². The van der Waals surface area contributed by atoms with Gasteiger partial charge in [0.05, 0.1) is 22.8 Å². The number of ether oxygens (including phenoxy) is 1. The van der Waals surface area contributed by atoms with Gasteiger partial charge in [0.2, 0.25) is 5.91 Å². The highest BCUT2D eigenvalue weighted by atomic mass is 35.5. The molecule has 0 aliphatic rings. The van der Waals surface area contributed by atoms with E-state index in [0.717, 1.165) is 17.0 Å². The van der Waals surface area contributed by atoms with Crippen LogP contribution in [0.5, 0.6) is 0 Å². The summed E-state index contributed by atoms with van der Waals surface area (Å²) < 4.78 is 6.88. The summed E-state index contributed by atoms with van der Waals surface area (Å²) in [5, 5.41) is 11.1. The number of nitrogens with zero attached hydrogens (tertiary/aromatic N) is 2. The third-order valence-electron chi connectivity index (χ3n) is 4.26. The van der Waals surface area contributed by atoms with Crippen LogP contribution in [0.15, 0.2) is 18.2 Å². The van der Waals surface area contributed by atoms with Gasteiger partial charge in [-0.05, 0) is 59.2 Å². The predicted octanol–water partition coefficient (Wildman–Crippen LogP) is 4.37. The number of aromatic nitrogens is 2. The van der Waals surface area contributed by atoms with Crippen molar-refractivity contribution in [2.45, 2.75) is 53.1 Å². The molecule has 0 spiro atoms. The van der Waals surface area contributed by atoms with E-state index in [1.54, 1.807) is 43.7 Å². The van der Waals surface area contributed by atoms with Crippen molar-refractivity contribution in [1.82, 2.24) is 20.4 Å². The topological polar surface area (TPSA) is 85.3 Å². The van der Waals surface area contributed by atoms with Gasteiger partial charge in [-0.25, -0.2) is 9.48 Å². The average Bonchev–Trinajstić information content (AvgIpc) is 2.88. The highest BCUT2D eigenvalue weighted by Gasteiger charge is 2.18. The molecular weight excluding hydrogens is 427 g/mol. The molecule has 0 bridgehead atoms. The lowest BCUT2D eigenvalue weighted by Crippen LogP contribution is -2.34. The van der Waals surface area contributed by atoms with Crippen molar-refractivity contribution in [3.8, 4) is 5.69 Å². The highest BCUT2D eigenvalue weighted by molar-refractivity contribution is 6.35. The molecule has 30 heavy (non-hydrogen) atoms. The Bertz CT molecular complexity index is 920. The van der Waals surface area contributed by atoms with E-state index in [1.807, 2.05) is 13.8 Å². The molecule has 0 radical (unpaired) electrons. The van der Waals surface area contributed by atoms with E-state index in [1.165, 1.54) is 0 Å². The molecule has 164 valence electrons. The Morgan fingerprint density at radius 2 is 1.80 bits per heavy atom. The molecule has 0 fully saturated rings. The van der Waals surface area contributed by atoms with Gasteiger partial charge in [-0.2, -0.15) is 5.10 Å². The Hall–Kier alpha value is -2.25. The summed E-state index contributed by atoms with van der Waals surface area (Å²) in [7, 11) is 0. The molecule has 7 nitrogen and oxygen atoms in total. The summed E-state index contributed by atoms with van der Waals surface area (Å²) in [5.41, 5.74) is 2.64. The molecule has 2 N–H and O–H groups in total. The maximum atomic E-state index is 12.4. The number of aryl methyl sites for hydroxylation is 1. The van der Waals surface area contributed by atoms with Gasteiger partial charge in [-0.1, -0.05) is 23.2 Å². The number of hydrogen-bond acceptors (Lipinski definition) is 4. The molecule has 0 aliphatic carbocycles. The number of benzene rings is 1. The fourth-order valence-corrected chi connectivity index (χ4v) is 3.35. The van der Waals surface area contributed by atoms with Gasteiger partial charge in [-0.15, -0.1) is 0 Å². The second kappa shape index (κ2) is 10.2. The van der Waals surface area contributed by atoms with Crippen molar-refractivity contribution in [2.75, 3.05) is 13.1 Å². The first-order valence-corrected chi connectivity index (χ1v) is 10.5. The number of alkyl carbamates (subject to hydrolysis) is 1. The smallest absolute Gasteiger partial charge is 0.407 e. The van der Waals surface area contributed by atoms with Crippen LogP contribution in [-0.4, -0.2) is 40.5 Å². The SMILES string of the molecule is Cc1nn(-c2ccc(Cl)cc2Cl)c(C)c1CC(=O)NCCCNC(=O)OC(C)(C)C. The van der Waals surface area contributed by atoms with Gasteiger partial charge in [0.1, 0.15) is 5.60 Å². The van der Waals surface area contributed by atoms with Gasteiger partial charge in [0, 0.05) is 29.4 Å². The van der Waals surface area contributed by atoms with E-state index in [9.17, 15) is 9.59 Å². The van der Waals surface area contributed by atoms with Crippen molar-refractivity contribution in [3.05, 3.63) is 45.2 Å².